The average Bonchev–Trinajstić information content (AvgIpc) is 2.67. The molecule has 1 aromatic rings. The Morgan fingerprint density at radius 1 is 1.25 bits per heavy atom. The Balaban J connectivity index is 0.000000568. The second-order valence-corrected chi connectivity index (χ2v) is 6.34. The van der Waals surface area contributed by atoms with Gasteiger partial charge in [0.1, 0.15) is 12.4 Å². The quantitative estimate of drug-likeness (QED) is 0.317. The number of nitrogens with zero attached hydrogens (tertiary/aromatic N) is 1. The van der Waals surface area contributed by atoms with Crippen LogP contribution in [0.4, 0.5) is 0 Å². The van der Waals surface area contributed by atoms with E-state index in [4.69, 9.17) is 40.9 Å². The van der Waals surface area contributed by atoms with Crippen LogP contribution < -0.4 is 10.1 Å². The van der Waals surface area contributed by atoms with Gasteiger partial charge in [-0.05, 0) is 30.2 Å². The SMILES string of the molecule is C=CCc1cc(Cl)ccc1OCCNCCN1CCOCC1.O=C(O)C(=O)O. The second-order valence-electron chi connectivity index (χ2n) is 5.91. The fourth-order valence-electron chi connectivity index (χ4n) is 2.42. The highest BCUT2D eigenvalue weighted by molar-refractivity contribution is 6.30. The molecule has 1 aliphatic heterocycles. The van der Waals surface area contributed by atoms with E-state index in [2.05, 4.69) is 16.8 Å². The molecule has 1 saturated heterocycles. The Labute approximate surface area is 169 Å². The van der Waals surface area contributed by atoms with E-state index < -0.39 is 11.9 Å². The van der Waals surface area contributed by atoms with E-state index in [9.17, 15) is 0 Å². The molecule has 0 unspecified atom stereocenters. The van der Waals surface area contributed by atoms with Gasteiger partial charge in [0.05, 0.1) is 13.2 Å². The minimum atomic E-state index is -1.82. The molecular formula is C19H27ClN2O6. The van der Waals surface area contributed by atoms with Crippen LogP contribution >= 0.6 is 11.6 Å². The van der Waals surface area contributed by atoms with E-state index >= 15 is 0 Å². The first kappa shape index (κ1) is 23.9. The van der Waals surface area contributed by atoms with Crippen molar-refractivity contribution in [3.63, 3.8) is 0 Å². The molecule has 0 amide bonds. The lowest BCUT2D eigenvalue weighted by atomic mass is 10.1. The summed E-state index contributed by atoms with van der Waals surface area (Å²) in [5.41, 5.74) is 1.08. The lowest BCUT2D eigenvalue weighted by Gasteiger charge is -2.26. The minimum absolute atomic E-state index is 0.648. The Kier molecular flexibility index (Phi) is 11.9. The zero-order valence-electron chi connectivity index (χ0n) is 15.7. The number of halogens is 1. The number of hydrogen-bond acceptors (Lipinski definition) is 6. The highest BCUT2D eigenvalue weighted by Crippen LogP contribution is 2.23. The molecule has 3 N–H and O–H groups in total. The summed E-state index contributed by atoms with van der Waals surface area (Å²) in [5.74, 6) is -2.76. The molecule has 0 spiro atoms. The van der Waals surface area contributed by atoms with E-state index in [1.807, 2.05) is 24.3 Å². The largest absolute Gasteiger partial charge is 0.492 e. The smallest absolute Gasteiger partial charge is 0.414 e. The molecule has 0 bridgehead atoms. The van der Waals surface area contributed by atoms with Gasteiger partial charge in [-0.15, -0.1) is 6.58 Å². The molecule has 0 atom stereocenters. The summed E-state index contributed by atoms with van der Waals surface area (Å²) in [7, 11) is 0. The lowest BCUT2D eigenvalue weighted by molar-refractivity contribution is -0.159. The first-order valence-corrected chi connectivity index (χ1v) is 9.31. The van der Waals surface area contributed by atoms with Crippen molar-refractivity contribution in [1.82, 2.24) is 10.2 Å². The number of allylic oxidation sites excluding steroid dienone is 1. The fourth-order valence-corrected chi connectivity index (χ4v) is 2.62. The molecule has 1 aromatic carbocycles. The van der Waals surface area contributed by atoms with E-state index in [1.165, 1.54) is 0 Å². The van der Waals surface area contributed by atoms with Crippen molar-refractivity contribution in [2.24, 2.45) is 0 Å². The molecule has 8 nitrogen and oxygen atoms in total. The number of carboxylic acid groups (broad SMARTS) is 2. The molecule has 28 heavy (non-hydrogen) atoms. The third kappa shape index (κ3) is 10.3. The van der Waals surface area contributed by atoms with Crippen LogP contribution in [0.2, 0.25) is 5.02 Å². The Hall–Kier alpha value is -2.13. The summed E-state index contributed by atoms with van der Waals surface area (Å²) in [6.45, 7) is 11.1. The van der Waals surface area contributed by atoms with Crippen LogP contribution in [0.1, 0.15) is 5.56 Å². The molecular weight excluding hydrogens is 388 g/mol. The Morgan fingerprint density at radius 2 is 1.93 bits per heavy atom. The summed E-state index contributed by atoms with van der Waals surface area (Å²) >= 11 is 6.01. The van der Waals surface area contributed by atoms with Gasteiger partial charge in [0, 0.05) is 37.7 Å². The van der Waals surface area contributed by atoms with Gasteiger partial charge >= 0.3 is 11.9 Å². The maximum absolute atomic E-state index is 9.10. The molecule has 0 radical (unpaired) electrons. The number of morpholine rings is 1. The van der Waals surface area contributed by atoms with E-state index in [1.54, 1.807) is 0 Å². The molecule has 2 rings (SSSR count). The number of carbonyl (C=O) groups is 2. The topological polar surface area (TPSA) is 108 Å². The summed E-state index contributed by atoms with van der Waals surface area (Å²) < 4.78 is 11.2. The van der Waals surface area contributed by atoms with Gasteiger partial charge in [0.2, 0.25) is 0 Å². The third-order valence-electron chi connectivity index (χ3n) is 3.81. The standard InChI is InChI=1S/C17H25ClN2O2.C2H2O4/c1-2-3-15-14-16(18)4-5-17(15)22-11-7-19-6-8-20-9-12-21-13-10-20;3-1(4)2(5)6/h2,4-5,14,19H,1,3,6-13H2;(H,3,4)(H,5,6). The molecule has 0 saturated carbocycles. The van der Waals surface area contributed by atoms with E-state index in [0.717, 1.165) is 68.7 Å². The van der Waals surface area contributed by atoms with Crippen molar-refractivity contribution >= 4 is 23.5 Å². The van der Waals surface area contributed by atoms with Crippen LogP contribution in [0.5, 0.6) is 5.75 Å². The maximum atomic E-state index is 9.10. The molecule has 9 heteroatoms. The highest BCUT2D eigenvalue weighted by Gasteiger charge is 2.09. The summed E-state index contributed by atoms with van der Waals surface area (Å²) in [6.07, 6.45) is 2.62. The van der Waals surface area contributed by atoms with E-state index in [-0.39, 0.29) is 0 Å². The van der Waals surface area contributed by atoms with Crippen LogP contribution in [0, 0.1) is 0 Å². The molecule has 0 aliphatic carbocycles. The van der Waals surface area contributed by atoms with Gasteiger partial charge in [-0.1, -0.05) is 17.7 Å². The van der Waals surface area contributed by atoms with Crippen LogP contribution in [0.25, 0.3) is 0 Å². The summed E-state index contributed by atoms with van der Waals surface area (Å²) in [5, 5.41) is 18.9. The number of hydrogen-bond donors (Lipinski definition) is 3. The van der Waals surface area contributed by atoms with Crippen LogP contribution in [0.3, 0.4) is 0 Å². The van der Waals surface area contributed by atoms with Crippen molar-refractivity contribution in [2.75, 3.05) is 52.5 Å². The number of ether oxygens (including phenoxy) is 2. The van der Waals surface area contributed by atoms with Crippen LogP contribution in [-0.4, -0.2) is 79.6 Å². The monoisotopic (exact) mass is 414 g/mol. The first-order chi connectivity index (χ1) is 13.4. The number of aliphatic carboxylic acids is 2. The normalized spacial score (nSPS) is 13.9. The van der Waals surface area contributed by atoms with Crippen molar-refractivity contribution in [2.45, 2.75) is 6.42 Å². The molecule has 1 aliphatic rings. The van der Waals surface area contributed by atoms with Gasteiger partial charge in [-0.3, -0.25) is 4.90 Å². The third-order valence-corrected chi connectivity index (χ3v) is 4.05. The minimum Gasteiger partial charge on any atom is -0.492 e. The zero-order valence-corrected chi connectivity index (χ0v) is 16.5. The highest BCUT2D eigenvalue weighted by atomic mass is 35.5. The molecule has 1 heterocycles. The van der Waals surface area contributed by atoms with Gasteiger partial charge in [-0.25, -0.2) is 9.59 Å². The number of carboxylic acids is 2. The predicted octanol–water partition coefficient (Wildman–Crippen LogP) is 1.52. The second kappa shape index (κ2) is 14.0. The molecule has 156 valence electrons. The van der Waals surface area contributed by atoms with Crippen LogP contribution in [0.15, 0.2) is 30.9 Å². The van der Waals surface area contributed by atoms with Crippen molar-refractivity contribution in [1.29, 1.82) is 0 Å². The Morgan fingerprint density at radius 3 is 2.54 bits per heavy atom. The lowest BCUT2D eigenvalue weighted by Crippen LogP contribution is -2.40. The van der Waals surface area contributed by atoms with Crippen LogP contribution in [-0.2, 0) is 20.7 Å². The van der Waals surface area contributed by atoms with Gasteiger partial charge < -0.3 is 25.0 Å². The maximum Gasteiger partial charge on any atom is 0.414 e. The summed E-state index contributed by atoms with van der Waals surface area (Å²) in [6, 6.07) is 5.72. The summed E-state index contributed by atoms with van der Waals surface area (Å²) in [4.78, 5) is 20.6. The van der Waals surface area contributed by atoms with Gasteiger partial charge in [-0.2, -0.15) is 0 Å². The molecule has 1 fully saturated rings. The van der Waals surface area contributed by atoms with E-state index in [0.29, 0.717) is 6.61 Å². The zero-order chi connectivity index (χ0) is 20.8. The number of nitrogens with one attached hydrogen (secondary N) is 1. The molecule has 0 aromatic heterocycles. The average molecular weight is 415 g/mol. The number of benzene rings is 1. The predicted molar refractivity (Wildman–Crippen MR) is 106 cm³/mol. The van der Waals surface area contributed by atoms with Crippen molar-refractivity contribution in [3.05, 3.63) is 41.4 Å². The van der Waals surface area contributed by atoms with Gasteiger partial charge in [0.25, 0.3) is 0 Å². The number of rotatable bonds is 9. The van der Waals surface area contributed by atoms with Crippen molar-refractivity contribution in [3.8, 4) is 5.75 Å². The fraction of sp³-hybridized carbons (Fsp3) is 0.474. The first-order valence-electron chi connectivity index (χ1n) is 8.93. The van der Waals surface area contributed by atoms with Crippen molar-refractivity contribution < 1.29 is 29.3 Å². The Bertz CT molecular complexity index is 623. The van der Waals surface area contributed by atoms with Gasteiger partial charge in [0.15, 0.2) is 0 Å².